The molecule has 1 heterocycles. The molecule has 0 aliphatic rings. The van der Waals surface area contributed by atoms with Gasteiger partial charge in [0, 0.05) is 26.2 Å². The Morgan fingerprint density at radius 3 is 2.45 bits per heavy atom. The number of amides is 1. The predicted molar refractivity (Wildman–Crippen MR) is 110 cm³/mol. The Morgan fingerprint density at radius 1 is 1.24 bits per heavy atom. The van der Waals surface area contributed by atoms with Crippen LogP contribution in [0.4, 0.5) is 4.79 Å². The number of nitrogens with one attached hydrogen (secondary N) is 1. The maximum absolute atomic E-state index is 12.2. The van der Waals surface area contributed by atoms with Gasteiger partial charge in [0.2, 0.25) is 0 Å². The van der Waals surface area contributed by atoms with Crippen LogP contribution in [0, 0.1) is 5.92 Å². The highest BCUT2D eigenvalue weighted by atomic mass is 16.6. The Balaban J connectivity index is 3.05. The van der Waals surface area contributed by atoms with E-state index in [-0.39, 0.29) is 23.5 Å². The summed E-state index contributed by atoms with van der Waals surface area (Å²) in [5, 5.41) is 2.89. The van der Waals surface area contributed by atoms with Gasteiger partial charge in [0.1, 0.15) is 11.3 Å². The highest BCUT2D eigenvalue weighted by Gasteiger charge is 2.24. The second-order valence-corrected chi connectivity index (χ2v) is 8.05. The molecule has 0 fully saturated rings. The number of hydrogen-bond donors (Lipinski definition) is 1. The maximum atomic E-state index is 12.2. The largest absolute Gasteiger partial charge is 0.488 e. The van der Waals surface area contributed by atoms with Crippen LogP contribution in [0.25, 0.3) is 0 Å². The molecule has 1 aromatic heterocycles. The molecule has 0 aliphatic carbocycles. The van der Waals surface area contributed by atoms with E-state index in [0.29, 0.717) is 43.7 Å². The summed E-state index contributed by atoms with van der Waals surface area (Å²) >= 11 is 0. The van der Waals surface area contributed by atoms with E-state index in [1.807, 2.05) is 34.6 Å². The quantitative estimate of drug-likeness (QED) is 0.441. The lowest BCUT2D eigenvalue weighted by Gasteiger charge is -2.26. The molecule has 1 amide bonds. The van der Waals surface area contributed by atoms with Crippen LogP contribution in [-0.4, -0.2) is 56.4 Å². The van der Waals surface area contributed by atoms with E-state index in [1.165, 1.54) is 7.11 Å². The highest BCUT2D eigenvalue weighted by Crippen LogP contribution is 2.28. The summed E-state index contributed by atoms with van der Waals surface area (Å²) in [5.41, 5.74) is 0.324. The molecule has 8 nitrogen and oxygen atoms in total. The van der Waals surface area contributed by atoms with E-state index in [4.69, 9.17) is 18.9 Å². The Kier molecular flexibility index (Phi) is 9.88. The lowest BCUT2D eigenvalue weighted by Crippen LogP contribution is -2.43. The normalized spacial score (nSPS) is 12.4. The fourth-order valence-electron chi connectivity index (χ4n) is 2.58. The van der Waals surface area contributed by atoms with Gasteiger partial charge < -0.3 is 24.3 Å². The zero-order valence-corrected chi connectivity index (χ0v) is 18.5. The summed E-state index contributed by atoms with van der Waals surface area (Å²) in [4.78, 5) is 28.1. The van der Waals surface area contributed by atoms with E-state index in [0.717, 1.165) is 0 Å². The Morgan fingerprint density at radius 2 is 1.93 bits per heavy atom. The summed E-state index contributed by atoms with van der Waals surface area (Å²) in [7, 11) is 3.10. The Hall–Kier alpha value is -2.35. The second kappa shape index (κ2) is 11.6. The second-order valence-electron chi connectivity index (χ2n) is 8.05. The topological polar surface area (TPSA) is 96.0 Å². The number of alkyl carbamates (subject to hydrolysis) is 1. The van der Waals surface area contributed by atoms with E-state index >= 15 is 0 Å². The third kappa shape index (κ3) is 8.68. The van der Waals surface area contributed by atoms with Crippen LogP contribution in [0.2, 0.25) is 0 Å². The third-order valence-electron chi connectivity index (χ3n) is 4.07. The van der Waals surface area contributed by atoms with Crippen molar-refractivity contribution in [2.75, 3.05) is 27.4 Å². The number of methoxy groups -OCH3 is 2. The number of nitrogens with zero attached hydrogens (tertiary/aromatic N) is 1. The van der Waals surface area contributed by atoms with Crippen LogP contribution in [0.3, 0.4) is 0 Å². The summed E-state index contributed by atoms with van der Waals surface area (Å²) in [6, 6.07) is 1.49. The van der Waals surface area contributed by atoms with E-state index in [2.05, 4.69) is 10.3 Å². The predicted octanol–water partition coefficient (Wildman–Crippen LogP) is 3.41. The van der Waals surface area contributed by atoms with Crippen molar-refractivity contribution in [2.24, 2.45) is 5.92 Å². The number of hydrogen-bond acceptors (Lipinski definition) is 7. The molecular weight excluding hydrogens is 376 g/mol. The fourth-order valence-corrected chi connectivity index (χ4v) is 2.58. The first-order valence-electron chi connectivity index (χ1n) is 9.75. The van der Waals surface area contributed by atoms with Crippen molar-refractivity contribution in [1.82, 2.24) is 10.3 Å². The Labute approximate surface area is 173 Å². The number of carbonyl (C=O) groups is 2. The SMILES string of the molecule is COCCCOc1cc(C[C@H](NC(=O)OC(C)(C)C)C(C)C)c(C=O)nc1OC. The summed E-state index contributed by atoms with van der Waals surface area (Å²) < 4.78 is 21.4. The number of carbonyl (C=O) groups excluding carboxylic acids is 2. The average Bonchev–Trinajstić information content (AvgIpc) is 2.63. The van der Waals surface area contributed by atoms with Crippen molar-refractivity contribution >= 4 is 12.4 Å². The van der Waals surface area contributed by atoms with Crippen LogP contribution >= 0.6 is 0 Å². The highest BCUT2D eigenvalue weighted by molar-refractivity contribution is 5.75. The van der Waals surface area contributed by atoms with Gasteiger partial charge in [0.15, 0.2) is 12.0 Å². The average molecular weight is 411 g/mol. The zero-order valence-electron chi connectivity index (χ0n) is 18.5. The molecule has 0 unspecified atom stereocenters. The van der Waals surface area contributed by atoms with Crippen molar-refractivity contribution in [1.29, 1.82) is 0 Å². The smallest absolute Gasteiger partial charge is 0.407 e. The third-order valence-corrected chi connectivity index (χ3v) is 4.07. The van der Waals surface area contributed by atoms with Gasteiger partial charge in [-0.15, -0.1) is 0 Å². The van der Waals surface area contributed by atoms with E-state index in [1.54, 1.807) is 13.2 Å². The minimum absolute atomic E-state index is 0.107. The zero-order chi connectivity index (χ0) is 22.0. The van der Waals surface area contributed by atoms with Gasteiger partial charge in [-0.3, -0.25) is 4.79 Å². The minimum atomic E-state index is -0.593. The van der Waals surface area contributed by atoms with Crippen LogP contribution < -0.4 is 14.8 Å². The number of pyridine rings is 1. The molecule has 1 N–H and O–H groups in total. The molecule has 0 aromatic carbocycles. The number of ether oxygens (including phenoxy) is 4. The molecule has 8 heteroatoms. The maximum Gasteiger partial charge on any atom is 0.407 e. The van der Waals surface area contributed by atoms with Crippen molar-refractivity contribution in [3.8, 4) is 11.6 Å². The molecule has 1 aromatic rings. The van der Waals surface area contributed by atoms with Crippen molar-refractivity contribution in [3.63, 3.8) is 0 Å². The van der Waals surface area contributed by atoms with Gasteiger partial charge in [0.25, 0.3) is 5.88 Å². The first kappa shape index (κ1) is 24.7. The molecule has 0 saturated heterocycles. The lowest BCUT2D eigenvalue weighted by molar-refractivity contribution is 0.0490. The molecule has 29 heavy (non-hydrogen) atoms. The lowest BCUT2D eigenvalue weighted by atomic mass is 9.95. The molecule has 1 atom stereocenters. The van der Waals surface area contributed by atoms with E-state index < -0.39 is 11.7 Å². The molecule has 0 aliphatic heterocycles. The Bertz CT molecular complexity index is 670. The first-order valence-corrected chi connectivity index (χ1v) is 9.75. The number of aromatic nitrogens is 1. The summed E-state index contributed by atoms with van der Waals surface area (Å²) in [6.45, 7) is 10.4. The molecule has 1 rings (SSSR count). The van der Waals surface area contributed by atoms with Gasteiger partial charge in [-0.05, 0) is 44.7 Å². The van der Waals surface area contributed by atoms with Gasteiger partial charge in [-0.25, -0.2) is 9.78 Å². The van der Waals surface area contributed by atoms with Gasteiger partial charge in [-0.2, -0.15) is 0 Å². The minimum Gasteiger partial charge on any atom is -0.488 e. The monoisotopic (exact) mass is 410 g/mol. The van der Waals surface area contributed by atoms with Crippen LogP contribution in [-0.2, 0) is 15.9 Å². The van der Waals surface area contributed by atoms with Crippen molar-refractivity contribution in [3.05, 3.63) is 17.3 Å². The summed E-state index contributed by atoms with van der Waals surface area (Å²) in [5.74, 6) is 0.800. The molecule has 0 radical (unpaired) electrons. The fraction of sp³-hybridized carbons (Fsp3) is 0.667. The van der Waals surface area contributed by atoms with Crippen LogP contribution in [0.5, 0.6) is 11.6 Å². The van der Waals surface area contributed by atoms with Gasteiger partial charge >= 0.3 is 6.09 Å². The molecule has 164 valence electrons. The van der Waals surface area contributed by atoms with Crippen molar-refractivity contribution in [2.45, 2.75) is 59.1 Å². The summed E-state index contributed by atoms with van der Waals surface area (Å²) in [6.07, 6.45) is 1.29. The van der Waals surface area contributed by atoms with Gasteiger partial charge in [0.05, 0.1) is 13.7 Å². The molecule has 0 bridgehead atoms. The molecular formula is C21H34N2O6. The van der Waals surface area contributed by atoms with Crippen molar-refractivity contribution < 1.29 is 28.5 Å². The number of rotatable bonds is 11. The molecule has 0 saturated carbocycles. The van der Waals surface area contributed by atoms with Crippen LogP contribution in [0.1, 0.15) is 57.1 Å². The standard InChI is InChI=1S/C21H34N2O6/c1-14(2)16(23-20(25)29-21(3,4)5)11-15-12-18(28-10-8-9-26-6)19(27-7)22-17(15)13-24/h12-14,16H,8-11H2,1-7H3,(H,23,25)/t16-/m0/s1. The number of aldehydes is 1. The first-order chi connectivity index (χ1) is 13.6. The van der Waals surface area contributed by atoms with Crippen LogP contribution in [0.15, 0.2) is 6.07 Å². The van der Waals surface area contributed by atoms with Gasteiger partial charge in [-0.1, -0.05) is 13.8 Å². The van der Waals surface area contributed by atoms with E-state index in [9.17, 15) is 9.59 Å². The molecule has 0 spiro atoms.